The molecule has 3 amide bonds. The van der Waals surface area contributed by atoms with Crippen molar-refractivity contribution in [1.82, 2.24) is 5.32 Å². The predicted octanol–water partition coefficient (Wildman–Crippen LogP) is 8.25. The second-order valence-corrected chi connectivity index (χ2v) is 12.1. The maximum Gasteiger partial charge on any atom is 0.422 e. The van der Waals surface area contributed by atoms with Crippen LogP contribution in [-0.2, 0) is 15.8 Å². The molecule has 0 radical (unpaired) electrons. The van der Waals surface area contributed by atoms with Gasteiger partial charge in [0.2, 0.25) is 5.91 Å². The zero-order chi connectivity index (χ0) is 36.7. The number of halogens is 7. The molecule has 0 aliphatic heterocycles. The van der Waals surface area contributed by atoms with Crippen LogP contribution in [0.15, 0.2) is 89.5 Å². The number of nitrogens with one attached hydrogen (secondary N) is 3. The van der Waals surface area contributed by atoms with Gasteiger partial charge in [0, 0.05) is 35.9 Å². The molecule has 1 atom stereocenters. The van der Waals surface area contributed by atoms with Crippen LogP contribution in [0.4, 0.5) is 47.8 Å². The van der Waals surface area contributed by atoms with Crippen LogP contribution in [0.25, 0.3) is 6.08 Å². The topological polar surface area (TPSA) is 90.5 Å². The first-order valence-electron chi connectivity index (χ1n) is 14.8. The Labute approximate surface area is 286 Å². The molecule has 50 heavy (non-hydrogen) atoms. The van der Waals surface area contributed by atoms with E-state index in [0.717, 1.165) is 17.4 Å². The lowest BCUT2D eigenvalue weighted by atomic mass is 10.1. The fraction of sp³-hybridized carbons (Fsp3) is 0.171. The molecule has 0 fully saturated rings. The van der Waals surface area contributed by atoms with Crippen molar-refractivity contribution in [2.45, 2.75) is 29.7 Å². The number of amides is 3. The van der Waals surface area contributed by atoms with Gasteiger partial charge in [0.05, 0.1) is 5.25 Å². The van der Waals surface area contributed by atoms with Crippen LogP contribution in [0.1, 0.15) is 34.8 Å². The van der Waals surface area contributed by atoms with Crippen LogP contribution in [-0.4, -0.2) is 37.1 Å². The summed E-state index contributed by atoms with van der Waals surface area (Å²) in [6.45, 7) is 1.51. The van der Waals surface area contributed by atoms with Gasteiger partial charge in [-0.1, -0.05) is 43.3 Å². The second-order valence-electron chi connectivity index (χ2n) is 10.9. The molecule has 15 heteroatoms. The average molecular weight is 719 g/mol. The van der Waals surface area contributed by atoms with Gasteiger partial charge in [0.25, 0.3) is 11.8 Å². The Hall–Kier alpha value is -5.31. The molecule has 262 valence electrons. The SMILES string of the molecule is CCC(Sc1cccc(NC(=O)/C(=C\c2ccc(N(C)C)cc2)NC(=O)c2ccccc2)c1)C(=O)Nc1c(F)c(F)c(C(F)(F)F)c(F)c1F. The minimum absolute atomic E-state index is 0.00688. The Bertz CT molecular complexity index is 1890. The van der Waals surface area contributed by atoms with E-state index in [2.05, 4.69) is 10.6 Å². The summed E-state index contributed by atoms with van der Waals surface area (Å²) in [6.07, 6.45) is -4.24. The molecule has 1 unspecified atom stereocenters. The van der Waals surface area contributed by atoms with Gasteiger partial charge in [-0.15, -0.1) is 11.8 Å². The Balaban J connectivity index is 1.54. The Kier molecular flexibility index (Phi) is 12.0. The summed E-state index contributed by atoms with van der Waals surface area (Å²) in [5.74, 6) is -12.6. The fourth-order valence-electron chi connectivity index (χ4n) is 4.50. The molecule has 7 nitrogen and oxygen atoms in total. The molecule has 4 aromatic carbocycles. The van der Waals surface area contributed by atoms with E-state index in [1.165, 1.54) is 37.3 Å². The van der Waals surface area contributed by atoms with E-state index in [4.69, 9.17) is 0 Å². The molecule has 0 bridgehead atoms. The van der Waals surface area contributed by atoms with Gasteiger partial charge in [-0.05, 0) is 60.5 Å². The second kappa shape index (κ2) is 15.9. The van der Waals surface area contributed by atoms with E-state index in [1.54, 1.807) is 47.8 Å². The zero-order valence-electron chi connectivity index (χ0n) is 26.6. The Morgan fingerprint density at radius 3 is 2.00 bits per heavy atom. The van der Waals surface area contributed by atoms with E-state index in [1.807, 2.05) is 31.1 Å². The first kappa shape index (κ1) is 37.5. The molecule has 0 spiro atoms. The summed E-state index contributed by atoms with van der Waals surface area (Å²) in [5, 5.41) is 5.81. The van der Waals surface area contributed by atoms with Gasteiger partial charge >= 0.3 is 6.18 Å². The lowest BCUT2D eigenvalue weighted by Crippen LogP contribution is -2.30. The largest absolute Gasteiger partial charge is 0.422 e. The summed E-state index contributed by atoms with van der Waals surface area (Å²) in [6, 6.07) is 21.4. The lowest BCUT2D eigenvalue weighted by Gasteiger charge is -2.18. The van der Waals surface area contributed by atoms with Crippen molar-refractivity contribution in [2.75, 3.05) is 29.6 Å². The van der Waals surface area contributed by atoms with Crippen molar-refractivity contribution in [3.05, 3.63) is 125 Å². The van der Waals surface area contributed by atoms with Gasteiger partial charge in [0.1, 0.15) is 16.9 Å². The monoisotopic (exact) mass is 718 g/mol. The van der Waals surface area contributed by atoms with Crippen molar-refractivity contribution in [3.63, 3.8) is 0 Å². The minimum atomic E-state index is -5.73. The standard InChI is InChI=1S/C35H29F7N4O3S/c1-4-25(34(49)45-31-29(38)27(36)26(35(40,41)42)28(37)30(31)39)50-23-12-8-11-21(18-23)43-33(48)24(44-32(47)20-9-6-5-7-10-20)17-19-13-15-22(16-14-19)46(2)3/h5-18,25H,4H2,1-3H3,(H,43,48)(H,44,47)(H,45,49)/b24-17+. The molecule has 0 aliphatic carbocycles. The number of carbonyl (C=O) groups excluding carboxylic acids is 3. The van der Waals surface area contributed by atoms with E-state index >= 15 is 0 Å². The van der Waals surface area contributed by atoms with Gasteiger partial charge in [-0.25, -0.2) is 17.6 Å². The van der Waals surface area contributed by atoms with Crippen LogP contribution < -0.4 is 20.9 Å². The summed E-state index contributed by atoms with van der Waals surface area (Å²) in [5.41, 5.74) is -2.52. The number of hydrogen-bond acceptors (Lipinski definition) is 5. The molecule has 0 aromatic heterocycles. The Morgan fingerprint density at radius 1 is 0.820 bits per heavy atom. The maximum atomic E-state index is 14.4. The van der Waals surface area contributed by atoms with Gasteiger partial charge in [-0.3, -0.25) is 14.4 Å². The molecule has 4 aromatic rings. The molecule has 0 heterocycles. The van der Waals surface area contributed by atoms with Crippen molar-refractivity contribution in [3.8, 4) is 0 Å². The van der Waals surface area contributed by atoms with Crippen molar-refractivity contribution < 1.29 is 45.1 Å². The number of anilines is 3. The minimum Gasteiger partial charge on any atom is -0.378 e. The van der Waals surface area contributed by atoms with Crippen molar-refractivity contribution in [1.29, 1.82) is 0 Å². The van der Waals surface area contributed by atoms with Crippen molar-refractivity contribution in [2.24, 2.45) is 0 Å². The van der Waals surface area contributed by atoms with E-state index in [-0.39, 0.29) is 17.8 Å². The van der Waals surface area contributed by atoms with E-state index in [0.29, 0.717) is 16.0 Å². The first-order chi connectivity index (χ1) is 23.6. The third-order valence-corrected chi connectivity index (χ3v) is 8.44. The first-order valence-corrected chi connectivity index (χ1v) is 15.7. The molecule has 0 saturated heterocycles. The number of thioether (sulfide) groups is 1. The number of benzene rings is 4. The number of alkyl halides is 3. The lowest BCUT2D eigenvalue weighted by molar-refractivity contribution is -0.143. The van der Waals surface area contributed by atoms with Crippen molar-refractivity contribution >= 4 is 52.6 Å². The number of carbonyl (C=O) groups is 3. The summed E-state index contributed by atoms with van der Waals surface area (Å²) in [4.78, 5) is 41.6. The normalized spacial score (nSPS) is 12.2. The van der Waals surface area contributed by atoms with Crippen LogP contribution in [0.2, 0.25) is 0 Å². The third kappa shape index (κ3) is 9.02. The zero-order valence-corrected chi connectivity index (χ0v) is 27.4. The van der Waals surface area contributed by atoms with Crippen LogP contribution in [0.5, 0.6) is 0 Å². The molecule has 0 aliphatic rings. The number of rotatable bonds is 11. The molecular weight excluding hydrogens is 689 g/mol. The van der Waals surface area contributed by atoms with Crippen LogP contribution in [0.3, 0.4) is 0 Å². The van der Waals surface area contributed by atoms with Crippen LogP contribution in [0, 0.1) is 23.3 Å². The van der Waals surface area contributed by atoms with Gasteiger partial charge in [0.15, 0.2) is 23.3 Å². The summed E-state index contributed by atoms with van der Waals surface area (Å²) in [7, 11) is 3.74. The van der Waals surface area contributed by atoms with Crippen LogP contribution >= 0.6 is 11.8 Å². The predicted molar refractivity (Wildman–Crippen MR) is 178 cm³/mol. The fourth-order valence-corrected chi connectivity index (χ4v) is 5.52. The maximum absolute atomic E-state index is 14.4. The van der Waals surface area contributed by atoms with E-state index < -0.39 is 63.7 Å². The highest BCUT2D eigenvalue weighted by molar-refractivity contribution is 8.00. The van der Waals surface area contributed by atoms with E-state index in [9.17, 15) is 45.1 Å². The highest BCUT2D eigenvalue weighted by Gasteiger charge is 2.42. The highest BCUT2D eigenvalue weighted by Crippen LogP contribution is 2.39. The molecule has 3 N–H and O–H groups in total. The molecule has 0 saturated carbocycles. The quantitative estimate of drug-likeness (QED) is 0.0629. The smallest absolute Gasteiger partial charge is 0.378 e. The van der Waals surface area contributed by atoms with Gasteiger partial charge < -0.3 is 20.9 Å². The summed E-state index contributed by atoms with van der Waals surface area (Å²) < 4.78 is 95.9. The Morgan fingerprint density at radius 2 is 1.44 bits per heavy atom. The third-order valence-electron chi connectivity index (χ3n) is 7.08. The average Bonchev–Trinajstić information content (AvgIpc) is 3.08. The summed E-state index contributed by atoms with van der Waals surface area (Å²) >= 11 is 0.843. The number of nitrogens with zero attached hydrogens (tertiary/aromatic N) is 1. The molecule has 4 rings (SSSR count). The van der Waals surface area contributed by atoms with Gasteiger partial charge in [-0.2, -0.15) is 13.2 Å². The number of hydrogen-bond donors (Lipinski definition) is 3. The molecular formula is C35H29F7N4O3S. The highest BCUT2D eigenvalue weighted by atomic mass is 32.2.